The average Bonchev–Trinajstić information content (AvgIpc) is 3.38. The summed E-state index contributed by atoms with van der Waals surface area (Å²) in [5, 5.41) is -0.0471. The van der Waals surface area contributed by atoms with Gasteiger partial charge in [-0.2, -0.15) is 0 Å². The van der Waals surface area contributed by atoms with Gasteiger partial charge in [0.1, 0.15) is 35.7 Å². The Hall–Kier alpha value is -4.15. The van der Waals surface area contributed by atoms with Gasteiger partial charge in [0.05, 0.1) is 12.8 Å². The Morgan fingerprint density at radius 2 is 1.74 bits per heavy atom. The van der Waals surface area contributed by atoms with E-state index in [1.807, 2.05) is 43.3 Å². The lowest BCUT2D eigenvalue weighted by atomic mass is 10.1. The second-order valence-corrected chi connectivity index (χ2v) is 10.6. The topological polar surface area (TPSA) is 117 Å². The fourth-order valence-electron chi connectivity index (χ4n) is 3.62. The molecule has 0 spiro atoms. The van der Waals surface area contributed by atoms with E-state index in [4.69, 9.17) is 18.9 Å². The molecule has 0 amide bonds. The third-order valence-electron chi connectivity index (χ3n) is 5.37. The first-order chi connectivity index (χ1) is 18.2. The van der Waals surface area contributed by atoms with Crippen LogP contribution < -0.4 is 9.47 Å². The van der Waals surface area contributed by atoms with Crippen LogP contribution in [0, 0.1) is 0 Å². The predicted octanol–water partition coefficient (Wildman–Crippen LogP) is 5.04. The number of aromatic nitrogens is 2. The summed E-state index contributed by atoms with van der Waals surface area (Å²) in [7, 11) is -1.83. The first-order valence-electron chi connectivity index (χ1n) is 11.8. The van der Waals surface area contributed by atoms with Gasteiger partial charge in [0, 0.05) is 30.7 Å². The minimum Gasteiger partial charge on any atom is -0.488 e. The summed E-state index contributed by atoms with van der Waals surface area (Å²) in [6.45, 7) is 2.43. The van der Waals surface area contributed by atoms with Crippen LogP contribution in [0.15, 0.2) is 84.0 Å². The van der Waals surface area contributed by atoms with Crippen molar-refractivity contribution >= 4 is 15.8 Å². The molecule has 2 heterocycles. The number of pyridine rings is 1. The second-order valence-electron chi connectivity index (χ2n) is 8.63. The number of ether oxygens (including phenoxy) is 4. The Labute approximate surface area is 221 Å². The molecule has 0 aliphatic heterocycles. The summed E-state index contributed by atoms with van der Waals surface area (Å²) in [6, 6.07) is 21.0. The van der Waals surface area contributed by atoms with Crippen LogP contribution in [0.1, 0.15) is 23.0 Å². The number of hydrogen-bond donors (Lipinski definition) is 1. The molecule has 0 radical (unpaired) electrons. The number of rotatable bonds is 11. The van der Waals surface area contributed by atoms with E-state index >= 15 is 0 Å². The number of H-pyrrole nitrogens is 1. The van der Waals surface area contributed by atoms with Gasteiger partial charge in [-0.15, -0.1) is 0 Å². The van der Waals surface area contributed by atoms with Crippen LogP contribution in [0.2, 0.25) is 0 Å². The van der Waals surface area contributed by atoms with Crippen molar-refractivity contribution in [2.45, 2.75) is 24.7 Å². The van der Waals surface area contributed by atoms with Gasteiger partial charge >= 0.3 is 5.97 Å². The Bertz CT molecular complexity index is 1480. The van der Waals surface area contributed by atoms with Gasteiger partial charge in [0.25, 0.3) is 0 Å². The summed E-state index contributed by atoms with van der Waals surface area (Å²) >= 11 is 0. The predicted molar refractivity (Wildman–Crippen MR) is 141 cm³/mol. The second kappa shape index (κ2) is 11.9. The van der Waals surface area contributed by atoms with Gasteiger partial charge in [-0.05, 0) is 48.9 Å². The summed E-state index contributed by atoms with van der Waals surface area (Å²) < 4.78 is 45.9. The van der Waals surface area contributed by atoms with E-state index in [1.165, 1.54) is 18.3 Å². The van der Waals surface area contributed by atoms with E-state index < -0.39 is 15.8 Å². The molecule has 38 heavy (non-hydrogen) atoms. The van der Waals surface area contributed by atoms with Crippen LogP contribution in [0.25, 0.3) is 11.3 Å². The maximum atomic E-state index is 12.6. The first-order valence-corrected chi connectivity index (χ1v) is 13.7. The summed E-state index contributed by atoms with van der Waals surface area (Å²) in [6.07, 6.45) is 2.20. The number of methoxy groups -OCH3 is 1. The molecule has 4 aromatic rings. The zero-order valence-electron chi connectivity index (χ0n) is 21.2. The van der Waals surface area contributed by atoms with Crippen LogP contribution in [0.5, 0.6) is 17.2 Å². The Balaban J connectivity index is 1.57. The highest BCUT2D eigenvalue weighted by atomic mass is 32.2. The molecule has 0 fully saturated rings. The maximum Gasteiger partial charge on any atom is 0.355 e. The highest BCUT2D eigenvalue weighted by molar-refractivity contribution is 7.90. The zero-order valence-corrected chi connectivity index (χ0v) is 22.0. The van der Waals surface area contributed by atoms with Gasteiger partial charge in [-0.1, -0.05) is 30.3 Å². The van der Waals surface area contributed by atoms with Crippen molar-refractivity contribution in [1.29, 1.82) is 0 Å². The molecule has 0 unspecified atom stereocenters. The third-order valence-corrected chi connectivity index (χ3v) is 6.37. The average molecular weight is 537 g/mol. The fourth-order valence-corrected chi connectivity index (χ4v) is 4.18. The van der Waals surface area contributed by atoms with Crippen molar-refractivity contribution in [3.05, 3.63) is 90.3 Å². The number of carbonyl (C=O) groups excluding carboxylic acids is 1. The minimum atomic E-state index is -3.43. The van der Waals surface area contributed by atoms with Crippen LogP contribution in [-0.2, 0) is 25.9 Å². The van der Waals surface area contributed by atoms with Crippen molar-refractivity contribution in [2.24, 2.45) is 0 Å². The number of aromatic amines is 1. The van der Waals surface area contributed by atoms with Gasteiger partial charge in [0.15, 0.2) is 14.9 Å². The molecule has 4 rings (SSSR count). The van der Waals surface area contributed by atoms with Crippen molar-refractivity contribution in [3.8, 4) is 28.5 Å². The summed E-state index contributed by atoms with van der Waals surface area (Å²) in [5.74, 6) is 0.821. The number of esters is 1. The summed E-state index contributed by atoms with van der Waals surface area (Å²) in [4.78, 5) is 19.6. The monoisotopic (exact) mass is 536 g/mol. The smallest absolute Gasteiger partial charge is 0.355 e. The SMILES string of the molecule is COC[C@H](C)Oc1cc(Oc2ccc(S(C)(=O)=O)nc2)cc(-c2ccc(C(=O)OCc3ccccc3)[nH]2)c1. The highest BCUT2D eigenvalue weighted by Gasteiger charge is 2.15. The molecular formula is C28H28N2O7S. The van der Waals surface area contributed by atoms with Crippen molar-refractivity contribution < 1.29 is 32.2 Å². The normalized spacial score (nSPS) is 12.1. The van der Waals surface area contributed by atoms with E-state index in [9.17, 15) is 13.2 Å². The van der Waals surface area contributed by atoms with Gasteiger partial charge in [-0.3, -0.25) is 0 Å². The van der Waals surface area contributed by atoms with E-state index in [-0.39, 0.29) is 17.7 Å². The molecule has 2 aromatic heterocycles. The molecule has 0 aliphatic carbocycles. The molecule has 0 aliphatic rings. The number of carbonyl (C=O) groups is 1. The van der Waals surface area contributed by atoms with Crippen molar-refractivity contribution in [1.82, 2.24) is 9.97 Å². The molecule has 0 saturated heterocycles. The molecule has 198 valence electrons. The fraction of sp³-hybridized carbons (Fsp3) is 0.214. The van der Waals surface area contributed by atoms with Gasteiger partial charge in [-0.25, -0.2) is 18.2 Å². The lowest BCUT2D eigenvalue weighted by molar-refractivity contribution is 0.0466. The van der Waals surface area contributed by atoms with Gasteiger partial charge in [0.2, 0.25) is 0 Å². The maximum absolute atomic E-state index is 12.6. The zero-order chi connectivity index (χ0) is 27.1. The quantitative estimate of drug-likeness (QED) is 0.265. The Morgan fingerprint density at radius 3 is 2.42 bits per heavy atom. The minimum absolute atomic E-state index is 0.0471. The van der Waals surface area contributed by atoms with Crippen molar-refractivity contribution in [3.63, 3.8) is 0 Å². The Kier molecular flexibility index (Phi) is 8.45. The molecule has 9 nitrogen and oxygen atoms in total. The van der Waals surface area contributed by atoms with Crippen LogP contribution in [0.4, 0.5) is 0 Å². The lowest BCUT2D eigenvalue weighted by Crippen LogP contribution is -2.17. The summed E-state index contributed by atoms with van der Waals surface area (Å²) in [5.41, 5.74) is 2.54. The molecule has 2 aromatic carbocycles. The van der Waals surface area contributed by atoms with E-state index in [0.29, 0.717) is 40.8 Å². The van der Waals surface area contributed by atoms with Crippen LogP contribution >= 0.6 is 0 Å². The lowest BCUT2D eigenvalue weighted by Gasteiger charge is -2.16. The number of hydrogen-bond acceptors (Lipinski definition) is 8. The number of benzene rings is 2. The van der Waals surface area contributed by atoms with E-state index in [2.05, 4.69) is 9.97 Å². The molecule has 0 bridgehead atoms. The van der Waals surface area contributed by atoms with Crippen LogP contribution in [0.3, 0.4) is 0 Å². The van der Waals surface area contributed by atoms with Crippen LogP contribution in [-0.4, -0.2) is 50.4 Å². The highest BCUT2D eigenvalue weighted by Crippen LogP contribution is 2.33. The first kappa shape index (κ1) is 26.9. The van der Waals surface area contributed by atoms with Gasteiger partial charge < -0.3 is 23.9 Å². The van der Waals surface area contributed by atoms with E-state index in [1.54, 1.807) is 31.4 Å². The molecule has 0 saturated carbocycles. The third kappa shape index (κ3) is 7.21. The largest absolute Gasteiger partial charge is 0.488 e. The standard InChI is InChI=1S/C28H28N2O7S/c1-19(17-34-2)36-23-13-21(14-24(15-23)37-22-9-12-27(29-16-22)38(3,32)33)25-10-11-26(30-25)28(31)35-18-20-7-5-4-6-8-20/h4-16,19,30H,17-18H2,1-3H3/t19-/m0/s1. The molecule has 1 N–H and O–H groups in total. The van der Waals surface area contributed by atoms with Crippen molar-refractivity contribution in [2.75, 3.05) is 20.0 Å². The Morgan fingerprint density at radius 1 is 0.974 bits per heavy atom. The molecular weight excluding hydrogens is 508 g/mol. The van der Waals surface area contributed by atoms with E-state index in [0.717, 1.165) is 11.8 Å². The molecule has 1 atom stereocenters. The number of nitrogens with one attached hydrogen (secondary N) is 1. The molecule has 10 heteroatoms. The number of nitrogens with zero attached hydrogens (tertiary/aromatic N) is 1. The number of sulfone groups is 1.